The van der Waals surface area contributed by atoms with E-state index in [4.69, 9.17) is 31.8 Å². The molecule has 3 saturated heterocycles. The minimum atomic E-state index is -4.88. The molecule has 5 heterocycles. The number of pyridine rings is 1. The van der Waals surface area contributed by atoms with E-state index in [9.17, 15) is 13.2 Å². The van der Waals surface area contributed by atoms with Gasteiger partial charge in [-0.1, -0.05) is 11.6 Å². The van der Waals surface area contributed by atoms with Gasteiger partial charge in [0.2, 0.25) is 0 Å². The molecular weight excluding hydrogens is 578 g/mol. The Morgan fingerprint density at radius 3 is 2.64 bits per heavy atom. The van der Waals surface area contributed by atoms with Crippen LogP contribution in [0.5, 0.6) is 6.01 Å². The minimum Gasteiger partial charge on any atom is -0.461 e. The van der Waals surface area contributed by atoms with Crippen LogP contribution < -0.4 is 20.7 Å². The fourth-order valence-electron chi connectivity index (χ4n) is 6.61. The molecule has 42 heavy (non-hydrogen) atoms. The zero-order chi connectivity index (χ0) is 29.6. The Hall–Kier alpha value is -3.00. The first-order chi connectivity index (χ1) is 20.1. The van der Waals surface area contributed by atoms with E-state index in [1.165, 1.54) is 6.20 Å². The number of nitrogens with zero attached hydrogens (tertiary/aromatic N) is 5. The molecule has 0 bridgehead atoms. The average molecular weight is 610 g/mol. The van der Waals surface area contributed by atoms with Crippen molar-refractivity contribution in [2.75, 3.05) is 63.7 Å². The molecule has 3 fully saturated rings. The molecule has 3 aliphatic heterocycles. The zero-order valence-corrected chi connectivity index (χ0v) is 23.9. The van der Waals surface area contributed by atoms with Crippen molar-refractivity contribution < 1.29 is 27.0 Å². The van der Waals surface area contributed by atoms with Gasteiger partial charge in [0.1, 0.15) is 23.6 Å². The highest BCUT2D eigenvalue weighted by molar-refractivity contribution is 6.32. The molecular formula is C28H32ClF4N7O2. The van der Waals surface area contributed by atoms with Crippen molar-refractivity contribution >= 4 is 34.0 Å². The third-order valence-electron chi connectivity index (χ3n) is 8.50. The molecule has 3 aromatic rings. The Bertz CT molecular complexity index is 1480. The van der Waals surface area contributed by atoms with Crippen LogP contribution in [0.2, 0.25) is 5.02 Å². The summed E-state index contributed by atoms with van der Waals surface area (Å²) in [5.41, 5.74) is 3.11. The van der Waals surface area contributed by atoms with E-state index in [-0.39, 0.29) is 34.2 Å². The number of nitrogens with two attached hydrogens (primary N) is 1. The van der Waals surface area contributed by atoms with Crippen LogP contribution in [0.3, 0.4) is 0 Å². The van der Waals surface area contributed by atoms with Gasteiger partial charge in [-0.05, 0) is 50.9 Å². The number of nitrogens with one attached hydrogen (secondary N) is 1. The Morgan fingerprint density at radius 2 is 1.93 bits per heavy atom. The molecule has 3 aliphatic rings. The van der Waals surface area contributed by atoms with Gasteiger partial charge >= 0.3 is 12.2 Å². The first-order valence-electron chi connectivity index (χ1n) is 14.0. The highest BCUT2D eigenvalue weighted by atomic mass is 35.5. The number of benzene rings is 1. The van der Waals surface area contributed by atoms with Crippen LogP contribution in [-0.4, -0.2) is 84.5 Å². The number of halogens is 5. The van der Waals surface area contributed by atoms with Crippen LogP contribution >= 0.6 is 11.6 Å². The van der Waals surface area contributed by atoms with E-state index in [0.29, 0.717) is 38.7 Å². The van der Waals surface area contributed by atoms with Gasteiger partial charge in [0.25, 0.3) is 0 Å². The number of ether oxygens (including phenoxy) is 2. The van der Waals surface area contributed by atoms with Gasteiger partial charge in [0.15, 0.2) is 5.82 Å². The first kappa shape index (κ1) is 29.1. The molecule has 0 aliphatic carbocycles. The third kappa shape index (κ3) is 5.31. The summed E-state index contributed by atoms with van der Waals surface area (Å²) >= 11 is 5.96. The molecule has 0 saturated carbocycles. The summed E-state index contributed by atoms with van der Waals surface area (Å²) in [6.45, 7) is 4.48. The minimum absolute atomic E-state index is 0.0107. The monoisotopic (exact) mass is 609 g/mol. The molecule has 0 spiro atoms. The molecule has 14 heteroatoms. The first-order valence-corrected chi connectivity index (χ1v) is 14.4. The topological polar surface area (TPSA) is 102 Å². The van der Waals surface area contributed by atoms with Crippen molar-refractivity contribution in [3.05, 3.63) is 34.7 Å². The average Bonchev–Trinajstić information content (AvgIpc) is 3.52. The summed E-state index contributed by atoms with van der Waals surface area (Å²) in [6, 6.07) is 1.95. The summed E-state index contributed by atoms with van der Waals surface area (Å²) in [4.78, 5) is 17.6. The number of aromatic nitrogens is 3. The van der Waals surface area contributed by atoms with Crippen molar-refractivity contribution in [1.82, 2.24) is 25.2 Å². The second kappa shape index (κ2) is 11.3. The van der Waals surface area contributed by atoms with Gasteiger partial charge in [-0.2, -0.15) is 23.1 Å². The normalized spacial score (nSPS) is 20.8. The fraction of sp³-hybridized carbons (Fsp3) is 0.536. The maximum atomic E-state index is 16.3. The summed E-state index contributed by atoms with van der Waals surface area (Å²) in [6.07, 6.45) is 0.544. The van der Waals surface area contributed by atoms with Gasteiger partial charge in [0.05, 0.1) is 28.1 Å². The quantitative estimate of drug-likeness (QED) is 0.296. The molecule has 3 N–H and O–H groups in total. The van der Waals surface area contributed by atoms with E-state index in [1.54, 1.807) is 7.11 Å². The lowest BCUT2D eigenvalue weighted by molar-refractivity contribution is -0.137. The van der Waals surface area contributed by atoms with Crippen molar-refractivity contribution in [2.45, 2.75) is 43.4 Å². The summed E-state index contributed by atoms with van der Waals surface area (Å²) in [5, 5.41) is 2.99. The van der Waals surface area contributed by atoms with Crippen LogP contribution in [-0.2, 0) is 10.9 Å². The lowest BCUT2D eigenvalue weighted by atomic mass is 9.95. The number of methoxy groups -OCH3 is 1. The maximum Gasteiger partial charge on any atom is 0.418 e. The number of nitrogen functional groups attached to an aromatic ring is 1. The van der Waals surface area contributed by atoms with E-state index in [1.807, 2.05) is 4.90 Å². The number of piperazine rings is 1. The number of fused-ring (bicyclic) bond motifs is 2. The Morgan fingerprint density at radius 1 is 1.17 bits per heavy atom. The lowest BCUT2D eigenvalue weighted by Crippen LogP contribution is -2.53. The molecule has 6 rings (SSSR count). The molecule has 226 valence electrons. The second-order valence-electron chi connectivity index (χ2n) is 11.2. The van der Waals surface area contributed by atoms with Crippen molar-refractivity contribution in [2.24, 2.45) is 0 Å². The summed E-state index contributed by atoms with van der Waals surface area (Å²) in [5.74, 6) is -0.650. The smallest absolute Gasteiger partial charge is 0.418 e. The number of hydrogen-bond acceptors (Lipinski definition) is 9. The zero-order valence-electron chi connectivity index (χ0n) is 23.1. The molecule has 0 amide bonds. The second-order valence-corrected chi connectivity index (χ2v) is 11.6. The van der Waals surface area contributed by atoms with Crippen LogP contribution in [0.25, 0.3) is 22.2 Å². The third-order valence-corrected chi connectivity index (χ3v) is 8.80. The van der Waals surface area contributed by atoms with E-state index in [0.717, 1.165) is 50.9 Å². The SMILES string of the molecule is COCC1CN(c2nc(OCC34CCCN3CCC4)nc3c(F)c(-c4cc(N)cc(Cl)c4C(F)(F)F)ncc23)CCN1. The fourth-order valence-corrected chi connectivity index (χ4v) is 6.94. The standard InChI is InChI=1S/C28H32ClF4N7O2/c1-41-14-17-13-39(9-6-35-17)25-19-12-36-23(18-10-16(34)11-20(29)21(18)28(31,32)33)22(30)24(19)37-26(38-25)42-15-27-4-2-7-40(27)8-3-5-27/h10-12,17,35H,2-9,13-15,34H2,1H3. The Labute approximate surface area is 245 Å². The van der Waals surface area contributed by atoms with Crippen molar-refractivity contribution in [1.29, 1.82) is 0 Å². The number of hydrogen-bond donors (Lipinski definition) is 2. The van der Waals surface area contributed by atoms with Crippen LogP contribution in [0.4, 0.5) is 29.1 Å². The maximum absolute atomic E-state index is 16.3. The van der Waals surface area contributed by atoms with E-state index < -0.39 is 33.8 Å². The predicted octanol–water partition coefficient (Wildman–Crippen LogP) is 4.52. The number of rotatable bonds is 7. The van der Waals surface area contributed by atoms with E-state index >= 15 is 4.39 Å². The van der Waals surface area contributed by atoms with Crippen LogP contribution in [0.15, 0.2) is 18.3 Å². The molecule has 2 aromatic heterocycles. The Balaban J connectivity index is 1.47. The molecule has 1 atom stereocenters. The predicted molar refractivity (Wildman–Crippen MR) is 151 cm³/mol. The van der Waals surface area contributed by atoms with E-state index in [2.05, 4.69) is 20.2 Å². The van der Waals surface area contributed by atoms with Crippen molar-refractivity contribution in [3.63, 3.8) is 0 Å². The van der Waals surface area contributed by atoms with Gasteiger partial charge in [0, 0.05) is 50.2 Å². The summed E-state index contributed by atoms with van der Waals surface area (Å²) in [7, 11) is 1.61. The number of anilines is 2. The highest BCUT2D eigenvalue weighted by Crippen LogP contribution is 2.44. The van der Waals surface area contributed by atoms with Crippen LogP contribution in [0, 0.1) is 5.82 Å². The van der Waals surface area contributed by atoms with Gasteiger partial charge in [-0.3, -0.25) is 9.88 Å². The van der Waals surface area contributed by atoms with Crippen LogP contribution in [0.1, 0.15) is 31.2 Å². The largest absolute Gasteiger partial charge is 0.461 e. The molecule has 1 aromatic carbocycles. The van der Waals surface area contributed by atoms with Gasteiger partial charge in [-0.15, -0.1) is 0 Å². The molecule has 0 radical (unpaired) electrons. The molecule has 1 unspecified atom stereocenters. The highest BCUT2D eigenvalue weighted by Gasteiger charge is 2.45. The summed E-state index contributed by atoms with van der Waals surface area (Å²) < 4.78 is 70.0. The van der Waals surface area contributed by atoms with Crippen molar-refractivity contribution in [3.8, 4) is 17.3 Å². The lowest BCUT2D eigenvalue weighted by Gasteiger charge is -2.35. The van der Waals surface area contributed by atoms with Gasteiger partial charge in [-0.25, -0.2) is 4.39 Å². The Kier molecular flexibility index (Phi) is 7.79. The molecule has 9 nitrogen and oxygen atoms in total. The number of alkyl halides is 3. The van der Waals surface area contributed by atoms with Gasteiger partial charge < -0.3 is 25.4 Å².